The van der Waals surface area contributed by atoms with Crippen molar-refractivity contribution in [2.45, 2.75) is 278 Å². The van der Waals surface area contributed by atoms with Gasteiger partial charge >= 0.3 is 0 Å². The summed E-state index contributed by atoms with van der Waals surface area (Å²) in [5.74, 6) is 0. The summed E-state index contributed by atoms with van der Waals surface area (Å²) in [5.41, 5.74) is 7.61. The van der Waals surface area contributed by atoms with Crippen molar-refractivity contribution in [3.63, 3.8) is 0 Å². The van der Waals surface area contributed by atoms with E-state index in [-0.39, 0.29) is 16.5 Å². The van der Waals surface area contributed by atoms with Gasteiger partial charge in [-0.3, -0.25) is 9.98 Å². The summed E-state index contributed by atoms with van der Waals surface area (Å²) in [6, 6.07) is 18.1. The Hall–Kier alpha value is -2.25. The number of benzene rings is 2. The normalized spacial score (nSPS) is 12.2. The molecule has 0 unspecified atom stereocenters. The summed E-state index contributed by atoms with van der Waals surface area (Å²) in [6.07, 6.45) is 60.3. The second-order valence-corrected chi connectivity index (χ2v) is 19.0. The summed E-state index contributed by atoms with van der Waals surface area (Å²) in [6.45, 7) is 9.23. The number of nitrogens with zero attached hydrogens (tertiary/aromatic N) is 2. The van der Waals surface area contributed by atoms with E-state index in [1.54, 1.807) is 0 Å². The standard InChI is InChI=1S/C61H102N2.Ni/c1-5-9-13-17-21-24-27-28-29-32-35-39-43-55-61(63-59-53-47-45-51-57(59)49-41-37-34-31-26-23-19-15-11-7-3)60(54-42-38-20-16-12-8-4)62-58-52-46-44-50-56(58)48-40-36-33-30-25-22-18-14-10-6-2;/h30-31,33-34,44-47,50-53H,5-29,32,35-43,48-49,54-55H2,1-4H3;/b33-30+,34-31+,62-60-,63-61+;. The number of allylic oxidation sites excluding steroid dienone is 4. The van der Waals surface area contributed by atoms with Gasteiger partial charge < -0.3 is 0 Å². The van der Waals surface area contributed by atoms with Crippen molar-refractivity contribution < 1.29 is 16.5 Å². The number of unbranched alkanes of at least 4 members (excludes halogenated alkanes) is 29. The van der Waals surface area contributed by atoms with Crippen LogP contribution in [0.2, 0.25) is 0 Å². The molecule has 0 spiro atoms. The maximum absolute atomic E-state index is 5.66. The van der Waals surface area contributed by atoms with E-state index in [1.165, 1.54) is 246 Å². The number of aryl methyl sites for hydroxylation is 2. The van der Waals surface area contributed by atoms with Crippen molar-refractivity contribution in [2.24, 2.45) is 9.98 Å². The van der Waals surface area contributed by atoms with E-state index in [2.05, 4.69) is 101 Å². The SMILES string of the molecule is CCCCCCC/C=C/CCCc1ccccc1/N=C(CCCCCCCC)\C(CCCCCCCCCCCCCCC)=N\c1ccccc1CCC/C=C/CCCCCCC.[Ni]. The first-order valence-corrected chi connectivity index (χ1v) is 27.8. The summed E-state index contributed by atoms with van der Waals surface area (Å²) in [4.78, 5) is 11.3. The second-order valence-electron chi connectivity index (χ2n) is 19.0. The summed E-state index contributed by atoms with van der Waals surface area (Å²) < 4.78 is 0. The van der Waals surface area contributed by atoms with E-state index in [0.29, 0.717) is 0 Å². The minimum absolute atomic E-state index is 0. The maximum Gasteiger partial charge on any atom is 0.0665 e. The van der Waals surface area contributed by atoms with Crippen LogP contribution < -0.4 is 0 Å². The largest absolute Gasteiger partial charge is 0.251 e. The van der Waals surface area contributed by atoms with E-state index in [4.69, 9.17) is 9.98 Å². The van der Waals surface area contributed by atoms with Crippen LogP contribution in [0.25, 0.3) is 0 Å². The Bertz CT molecular complexity index is 1440. The zero-order chi connectivity index (χ0) is 44.9. The molecule has 0 fully saturated rings. The van der Waals surface area contributed by atoms with E-state index in [0.717, 1.165) is 38.5 Å². The molecule has 64 heavy (non-hydrogen) atoms. The van der Waals surface area contributed by atoms with Gasteiger partial charge in [0.2, 0.25) is 0 Å². The third-order valence-electron chi connectivity index (χ3n) is 13.0. The molecule has 0 saturated carbocycles. The summed E-state index contributed by atoms with van der Waals surface area (Å²) in [7, 11) is 0. The molecule has 0 saturated heterocycles. The average molecular weight is 922 g/mol. The summed E-state index contributed by atoms with van der Waals surface area (Å²) in [5, 5.41) is 0. The Morgan fingerprint density at radius 3 is 0.922 bits per heavy atom. The van der Waals surface area contributed by atoms with Crippen molar-refractivity contribution in [1.82, 2.24) is 0 Å². The van der Waals surface area contributed by atoms with Crippen LogP contribution in [0.3, 0.4) is 0 Å². The van der Waals surface area contributed by atoms with Crippen LogP contribution in [-0.2, 0) is 29.3 Å². The van der Waals surface area contributed by atoms with Crippen LogP contribution >= 0.6 is 0 Å². The number of aliphatic imine (C=N–C) groups is 2. The summed E-state index contributed by atoms with van der Waals surface area (Å²) >= 11 is 0. The topological polar surface area (TPSA) is 24.7 Å². The van der Waals surface area contributed by atoms with Crippen molar-refractivity contribution in [3.8, 4) is 0 Å². The molecule has 0 aliphatic heterocycles. The smallest absolute Gasteiger partial charge is 0.0665 e. The molecule has 0 radical (unpaired) electrons. The fourth-order valence-corrected chi connectivity index (χ4v) is 8.89. The van der Waals surface area contributed by atoms with Crippen LogP contribution in [0.1, 0.15) is 276 Å². The number of rotatable bonds is 44. The second kappa shape index (κ2) is 45.9. The zero-order valence-corrected chi connectivity index (χ0v) is 43.7. The monoisotopic (exact) mass is 921 g/mol. The van der Waals surface area contributed by atoms with Crippen molar-refractivity contribution in [1.29, 1.82) is 0 Å². The van der Waals surface area contributed by atoms with Crippen LogP contribution in [-0.4, -0.2) is 11.4 Å². The van der Waals surface area contributed by atoms with Gasteiger partial charge in [-0.1, -0.05) is 249 Å². The Kier molecular flexibility index (Phi) is 42.9. The molecule has 3 heteroatoms. The number of hydrogen-bond acceptors (Lipinski definition) is 2. The predicted octanol–water partition coefficient (Wildman–Crippen LogP) is 21.2. The molecule has 2 rings (SSSR count). The maximum atomic E-state index is 5.66. The third-order valence-corrected chi connectivity index (χ3v) is 13.0. The van der Waals surface area contributed by atoms with Crippen LogP contribution in [0.4, 0.5) is 11.4 Å². The van der Waals surface area contributed by atoms with Gasteiger partial charge in [0.1, 0.15) is 0 Å². The molecular formula is C61H102N2Ni. The Morgan fingerprint density at radius 1 is 0.328 bits per heavy atom. The van der Waals surface area contributed by atoms with Crippen LogP contribution in [0.15, 0.2) is 82.8 Å². The molecule has 0 N–H and O–H groups in total. The first-order chi connectivity index (χ1) is 31.2. The van der Waals surface area contributed by atoms with Gasteiger partial charge in [-0.25, -0.2) is 0 Å². The Labute approximate surface area is 409 Å². The predicted molar refractivity (Wildman–Crippen MR) is 286 cm³/mol. The third kappa shape index (κ3) is 33.3. The Morgan fingerprint density at radius 2 is 0.594 bits per heavy atom. The molecule has 0 bridgehead atoms. The first-order valence-electron chi connectivity index (χ1n) is 27.8. The quantitative estimate of drug-likeness (QED) is 0.0274. The van der Waals surface area contributed by atoms with Crippen molar-refractivity contribution in [2.75, 3.05) is 0 Å². The molecule has 0 aliphatic rings. The minimum atomic E-state index is 0. The molecule has 366 valence electrons. The number of hydrogen-bond donors (Lipinski definition) is 0. The van der Waals surface area contributed by atoms with Gasteiger partial charge in [-0.2, -0.15) is 0 Å². The van der Waals surface area contributed by atoms with Crippen molar-refractivity contribution in [3.05, 3.63) is 84.0 Å². The molecule has 0 atom stereocenters. The molecule has 2 aromatic carbocycles. The molecule has 0 amide bonds. The molecule has 2 aromatic rings. The Balaban J connectivity index is 0.0000205. The average Bonchev–Trinajstić information content (AvgIpc) is 3.30. The van der Waals surface area contributed by atoms with Gasteiger partial charge in [0.25, 0.3) is 0 Å². The van der Waals surface area contributed by atoms with Gasteiger partial charge in [-0.15, -0.1) is 0 Å². The van der Waals surface area contributed by atoms with Gasteiger partial charge in [0.05, 0.1) is 22.8 Å². The molecule has 0 aromatic heterocycles. The van der Waals surface area contributed by atoms with Gasteiger partial charge in [-0.05, 0) is 113 Å². The molecule has 0 aliphatic carbocycles. The molecule has 2 nitrogen and oxygen atoms in total. The van der Waals surface area contributed by atoms with Crippen molar-refractivity contribution >= 4 is 22.8 Å². The van der Waals surface area contributed by atoms with Crippen LogP contribution in [0.5, 0.6) is 0 Å². The van der Waals surface area contributed by atoms with Gasteiger partial charge in [0.15, 0.2) is 0 Å². The van der Waals surface area contributed by atoms with E-state index < -0.39 is 0 Å². The minimum Gasteiger partial charge on any atom is -0.251 e. The van der Waals surface area contributed by atoms with E-state index in [1.807, 2.05) is 0 Å². The van der Waals surface area contributed by atoms with Crippen LogP contribution in [0, 0.1) is 0 Å². The molecular weight excluding hydrogens is 819 g/mol. The van der Waals surface area contributed by atoms with E-state index in [9.17, 15) is 0 Å². The number of para-hydroxylation sites is 2. The fraction of sp³-hybridized carbons (Fsp3) is 0.705. The fourth-order valence-electron chi connectivity index (χ4n) is 8.89. The van der Waals surface area contributed by atoms with Gasteiger partial charge in [0, 0.05) is 16.5 Å². The van der Waals surface area contributed by atoms with E-state index >= 15 is 0 Å². The zero-order valence-electron chi connectivity index (χ0n) is 42.7. The molecule has 0 heterocycles. The first kappa shape index (κ1) is 59.8.